The Kier molecular flexibility index (Phi) is 4.96. The first-order valence-corrected chi connectivity index (χ1v) is 8.58. The number of amides is 2. The lowest BCUT2D eigenvalue weighted by Crippen LogP contribution is -2.28. The molecule has 1 heterocycles. The van der Waals surface area contributed by atoms with Crippen LogP contribution in [0.4, 0.5) is 5.69 Å². The molecule has 5 heteroatoms. The molecule has 2 fully saturated rings. The Balaban J connectivity index is 1.54. The minimum absolute atomic E-state index is 0.00553. The summed E-state index contributed by atoms with van der Waals surface area (Å²) in [4.78, 5) is 26.3. The number of anilines is 1. The van der Waals surface area contributed by atoms with Gasteiger partial charge >= 0.3 is 0 Å². The van der Waals surface area contributed by atoms with Crippen molar-refractivity contribution < 1.29 is 9.59 Å². The molecule has 3 N–H and O–H groups in total. The molecule has 23 heavy (non-hydrogen) atoms. The van der Waals surface area contributed by atoms with Crippen LogP contribution in [0.15, 0.2) is 24.3 Å². The van der Waals surface area contributed by atoms with E-state index in [1.54, 1.807) is 24.3 Å². The molecule has 1 aromatic carbocycles. The number of carbonyl (C=O) groups excluding carboxylic acids is 2. The molecule has 124 valence electrons. The van der Waals surface area contributed by atoms with Crippen LogP contribution in [0, 0.1) is 5.92 Å². The summed E-state index contributed by atoms with van der Waals surface area (Å²) < 4.78 is 0. The molecular formula is C18H25N3O2. The van der Waals surface area contributed by atoms with Gasteiger partial charge in [-0.15, -0.1) is 0 Å². The van der Waals surface area contributed by atoms with E-state index in [-0.39, 0.29) is 17.9 Å². The van der Waals surface area contributed by atoms with E-state index in [2.05, 4.69) is 5.32 Å². The molecule has 0 bridgehead atoms. The average molecular weight is 315 g/mol. The van der Waals surface area contributed by atoms with E-state index in [0.717, 1.165) is 50.9 Å². The zero-order chi connectivity index (χ0) is 16.2. The standard InChI is InChI=1S/C18H25N3O2/c19-16-5-3-4-14(16)12-17(22)20-15-8-6-13(7-9-15)18(23)21-10-1-2-11-21/h6-9,14,16H,1-5,10-12,19H2,(H,20,22)/t14-,16+/m0/s1. The molecule has 5 nitrogen and oxygen atoms in total. The predicted molar refractivity (Wildman–Crippen MR) is 90.1 cm³/mol. The first kappa shape index (κ1) is 16.0. The molecule has 2 amide bonds. The van der Waals surface area contributed by atoms with Crippen LogP contribution in [0.25, 0.3) is 0 Å². The lowest BCUT2D eigenvalue weighted by molar-refractivity contribution is -0.117. The van der Waals surface area contributed by atoms with Crippen molar-refractivity contribution in [1.82, 2.24) is 4.90 Å². The number of nitrogens with one attached hydrogen (secondary N) is 1. The summed E-state index contributed by atoms with van der Waals surface area (Å²) in [6.07, 6.45) is 5.83. The van der Waals surface area contributed by atoms with Gasteiger partial charge in [-0.1, -0.05) is 6.42 Å². The van der Waals surface area contributed by atoms with Gasteiger partial charge in [-0.25, -0.2) is 0 Å². The van der Waals surface area contributed by atoms with Gasteiger partial charge in [-0.3, -0.25) is 9.59 Å². The molecule has 0 radical (unpaired) electrons. The van der Waals surface area contributed by atoms with Gasteiger partial charge in [0.25, 0.3) is 5.91 Å². The predicted octanol–water partition coefficient (Wildman–Crippen LogP) is 2.38. The maximum absolute atomic E-state index is 12.3. The minimum atomic E-state index is 0.00553. The molecule has 3 rings (SSSR count). The van der Waals surface area contributed by atoms with E-state index in [9.17, 15) is 9.59 Å². The Bertz CT molecular complexity index is 564. The van der Waals surface area contributed by atoms with Gasteiger partial charge in [-0.2, -0.15) is 0 Å². The molecule has 0 spiro atoms. The number of hydrogen-bond acceptors (Lipinski definition) is 3. The Hall–Kier alpha value is -1.88. The van der Waals surface area contributed by atoms with Gasteiger partial charge in [0.15, 0.2) is 0 Å². The van der Waals surface area contributed by atoms with Crippen molar-refractivity contribution in [3.63, 3.8) is 0 Å². The second kappa shape index (κ2) is 7.13. The Morgan fingerprint density at radius 2 is 1.78 bits per heavy atom. The number of rotatable bonds is 4. The van der Waals surface area contributed by atoms with Crippen molar-refractivity contribution in [3.05, 3.63) is 29.8 Å². The molecule has 2 aliphatic rings. The fraction of sp³-hybridized carbons (Fsp3) is 0.556. The summed E-state index contributed by atoms with van der Waals surface area (Å²) in [7, 11) is 0. The van der Waals surface area contributed by atoms with E-state index in [4.69, 9.17) is 5.73 Å². The van der Waals surface area contributed by atoms with Gasteiger partial charge in [0.05, 0.1) is 0 Å². The van der Waals surface area contributed by atoms with Crippen molar-refractivity contribution >= 4 is 17.5 Å². The molecule has 1 saturated heterocycles. The smallest absolute Gasteiger partial charge is 0.253 e. The maximum atomic E-state index is 12.3. The van der Waals surface area contributed by atoms with E-state index < -0.39 is 0 Å². The van der Waals surface area contributed by atoms with E-state index >= 15 is 0 Å². The Labute approximate surface area is 137 Å². The van der Waals surface area contributed by atoms with Crippen LogP contribution in [0.5, 0.6) is 0 Å². The first-order chi connectivity index (χ1) is 11.1. The molecule has 1 saturated carbocycles. The third kappa shape index (κ3) is 3.91. The molecule has 0 unspecified atom stereocenters. The van der Waals surface area contributed by atoms with Crippen molar-refractivity contribution in [2.45, 2.75) is 44.6 Å². The monoisotopic (exact) mass is 315 g/mol. The lowest BCUT2D eigenvalue weighted by atomic mass is 10.00. The highest BCUT2D eigenvalue weighted by atomic mass is 16.2. The van der Waals surface area contributed by atoms with Crippen LogP contribution in [0.1, 0.15) is 48.9 Å². The lowest BCUT2D eigenvalue weighted by Gasteiger charge is -2.16. The summed E-state index contributed by atoms with van der Waals surface area (Å²) >= 11 is 0. The second-order valence-electron chi connectivity index (χ2n) is 6.68. The largest absolute Gasteiger partial charge is 0.339 e. The number of carbonyl (C=O) groups is 2. The van der Waals surface area contributed by atoms with Crippen LogP contribution in [-0.2, 0) is 4.79 Å². The normalized spacial score (nSPS) is 24.0. The van der Waals surface area contributed by atoms with Gasteiger partial charge < -0.3 is 16.0 Å². The van der Waals surface area contributed by atoms with Crippen molar-refractivity contribution in [2.24, 2.45) is 11.7 Å². The summed E-state index contributed by atoms with van der Waals surface area (Å²) in [5.41, 5.74) is 7.43. The zero-order valence-electron chi connectivity index (χ0n) is 13.5. The Morgan fingerprint density at radius 3 is 2.39 bits per heavy atom. The second-order valence-corrected chi connectivity index (χ2v) is 6.68. The number of likely N-dealkylation sites (tertiary alicyclic amines) is 1. The van der Waals surface area contributed by atoms with Crippen LogP contribution >= 0.6 is 0 Å². The summed E-state index contributed by atoms with van der Waals surface area (Å²) in [6, 6.07) is 7.34. The number of nitrogens with zero attached hydrogens (tertiary/aromatic N) is 1. The van der Waals surface area contributed by atoms with Gasteiger partial charge in [-0.05, 0) is 55.9 Å². The molecule has 2 atom stereocenters. The van der Waals surface area contributed by atoms with Crippen LogP contribution in [-0.4, -0.2) is 35.8 Å². The summed E-state index contributed by atoms with van der Waals surface area (Å²) in [5, 5.41) is 2.91. The van der Waals surface area contributed by atoms with Crippen LogP contribution < -0.4 is 11.1 Å². The van der Waals surface area contributed by atoms with Crippen molar-refractivity contribution in [1.29, 1.82) is 0 Å². The summed E-state index contributed by atoms with van der Waals surface area (Å²) in [6.45, 7) is 1.69. The topological polar surface area (TPSA) is 75.4 Å². The minimum Gasteiger partial charge on any atom is -0.339 e. The SMILES string of the molecule is N[C@@H]1CCC[C@H]1CC(=O)Nc1ccc(C(=O)N2CCCC2)cc1. The number of benzene rings is 1. The van der Waals surface area contributed by atoms with Gasteiger partial charge in [0, 0.05) is 36.8 Å². The quantitative estimate of drug-likeness (QED) is 0.895. The third-order valence-electron chi connectivity index (χ3n) is 4.97. The van der Waals surface area contributed by atoms with Gasteiger partial charge in [0.2, 0.25) is 5.91 Å². The highest BCUT2D eigenvalue weighted by Crippen LogP contribution is 2.27. The molecule has 1 aliphatic carbocycles. The Morgan fingerprint density at radius 1 is 1.09 bits per heavy atom. The maximum Gasteiger partial charge on any atom is 0.253 e. The number of hydrogen-bond donors (Lipinski definition) is 2. The molecular weight excluding hydrogens is 290 g/mol. The highest BCUT2D eigenvalue weighted by Gasteiger charge is 2.26. The van der Waals surface area contributed by atoms with Crippen LogP contribution in [0.2, 0.25) is 0 Å². The van der Waals surface area contributed by atoms with Crippen molar-refractivity contribution in [3.8, 4) is 0 Å². The van der Waals surface area contributed by atoms with Crippen LogP contribution in [0.3, 0.4) is 0 Å². The fourth-order valence-corrected chi connectivity index (χ4v) is 3.57. The van der Waals surface area contributed by atoms with E-state index in [0.29, 0.717) is 17.9 Å². The molecule has 0 aromatic heterocycles. The van der Waals surface area contributed by atoms with Crippen molar-refractivity contribution in [2.75, 3.05) is 18.4 Å². The third-order valence-corrected chi connectivity index (χ3v) is 4.97. The summed E-state index contributed by atoms with van der Waals surface area (Å²) in [5.74, 6) is 0.384. The van der Waals surface area contributed by atoms with Gasteiger partial charge in [0.1, 0.15) is 0 Å². The fourth-order valence-electron chi connectivity index (χ4n) is 3.57. The molecule has 1 aromatic rings. The first-order valence-electron chi connectivity index (χ1n) is 8.58. The number of nitrogens with two attached hydrogens (primary N) is 1. The van der Waals surface area contributed by atoms with E-state index in [1.165, 1.54) is 0 Å². The van der Waals surface area contributed by atoms with E-state index in [1.807, 2.05) is 4.90 Å². The highest BCUT2D eigenvalue weighted by molar-refractivity contribution is 5.96. The zero-order valence-corrected chi connectivity index (χ0v) is 13.5. The molecule has 1 aliphatic heterocycles. The average Bonchev–Trinajstić information content (AvgIpc) is 3.20.